The molecular weight excluding hydrogens is 229 g/mol. The van der Waals surface area contributed by atoms with Crippen molar-refractivity contribution >= 4 is 22.6 Å². The van der Waals surface area contributed by atoms with E-state index in [1.807, 2.05) is 5.06 Å². The van der Waals surface area contributed by atoms with Crippen molar-refractivity contribution < 1.29 is 4.84 Å². The molecule has 0 bridgehead atoms. The minimum atomic E-state index is 0.517. The zero-order valence-electron chi connectivity index (χ0n) is 5.64. The van der Waals surface area contributed by atoms with Crippen molar-refractivity contribution in [3.05, 3.63) is 0 Å². The van der Waals surface area contributed by atoms with Gasteiger partial charge in [0.2, 0.25) is 0 Å². The summed E-state index contributed by atoms with van der Waals surface area (Å²) in [6.07, 6.45) is 2.51. The fourth-order valence-corrected chi connectivity index (χ4v) is 1.34. The topological polar surface area (TPSA) is 12.5 Å². The van der Waals surface area contributed by atoms with Crippen molar-refractivity contribution in [1.82, 2.24) is 5.06 Å². The summed E-state index contributed by atoms with van der Waals surface area (Å²) in [4.78, 5) is 5.37. The van der Waals surface area contributed by atoms with Crippen molar-refractivity contribution in [2.24, 2.45) is 0 Å². The number of rotatable bonds is 1. The first-order valence-corrected chi connectivity index (χ1v) is 4.59. The third-order valence-electron chi connectivity index (χ3n) is 1.43. The highest BCUT2D eigenvalue weighted by atomic mass is 127. The number of hydrogen-bond acceptors (Lipinski definition) is 2. The van der Waals surface area contributed by atoms with Crippen LogP contribution >= 0.6 is 22.6 Å². The lowest BCUT2D eigenvalue weighted by Crippen LogP contribution is -2.33. The summed E-state index contributed by atoms with van der Waals surface area (Å²) in [6.45, 7) is 4.16. The summed E-state index contributed by atoms with van der Waals surface area (Å²) >= 11 is 2.36. The summed E-state index contributed by atoms with van der Waals surface area (Å²) in [7, 11) is 0. The Morgan fingerprint density at radius 2 is 2.33 bits per heavy atom. The first kappa shape index (κ1) is 7.75. The van der Waals surface area contributed by atoms with E-state index in [-0.39, 0.29) is 0 Å². The highest BCUT2D eigenvalue weighted by molar-refractivity contribution is 14.1. The minimum Gasteiger partial charge on any atom is -0.298 e. The maximum atomic E-state index is 5.37. The molecule has 0 aliphatic carbocycles. The smallest absolute Gasteiger partial charge is 0.0838 e. The van der Waals surface area contributed by atoms with E-state index in [1.165, 1.54) is 12.8 Å². The van der Waals surface area contributed by atoms with Crippen LogP contribution in [0.1, 0.15) is 19.8 Å². The van der Waals surface area contributed by atoms with Crippen molar-refractivity contribution in [1.29, 1.82) is 0 Å². The van der Waals surface area contributed by atoms with Crippen LogP contribution in [0.15, 0.2) is 0 Å². The van der Waals surface area contributed by atoms with Crippen LogP contribution in [0.25, 0.3) is 0 Å². The summed E-state index contributed by atoms with van der Waals surface area (Å²) in [6, 6.07) is 0. The average Bonchev–Trinajstić information content (AvgIpc) is 1.90. The van der Waals surface area contributed by atoms with Crippen LogP contribution in [0.5, 0.6) is 0 Å². The van der Waals surface area contributed by atoms with Crippen molar-refractivity contribution in [2.45, 2.75) is 23.8 Å². The van der Waals surface area contributed by atoms with Crippen LogP contribution in [0.4, 0.5) is 0 Å². The van der Waals surface area contributed by atoms with Gasteiger partial charge in [-0.25, -0.2) is 0 Å². The van der Waals surface area contributed by atoms with Gasteiger partial charge in [0, 0.05) is 6.54 Å². The summed E-state index contributed by atoms with van der Waals surface area (Å²) in [5.74, 6) is 0. The Labute approximate surface area is 69.6 Å². The van der Waals surface area contributed by atoms with Gasteiger partial charge in [-0.15, -0.1) is 0 Å². The van der Waals surface area contributed by atoms with Gasteiger partial charge in [-0.2, -0.15) is 5.06 Å². The SMILES string of the molecule is C[C@H](I)N1CCCCO1. The van der Waals surface area contributed by atoms with Crippen LogP contribution in [-0.4, -0.2) is 22.3 Å². The summed E-state index contributed by atoms with van der Waals surface area (Å²) in [5, 5.41) is 2.05. The molecule has 1 aliphatic heterocycles. The van der Waals surface area contributed by atoms with Crippen LogP contribution in [0.2, 0.25) is 0 Å². The Morgan fingerprint density at radius 1 is 1.56 bits per heavy atom. The Balaban J connectivity index is 2.23. The third kappa shape index (κ3) is 2.39. The monoisotopic (exact) mass is 241 g/mol. The zero-order chi connectivity index (χ0) is 6.69. The van der Waals surface area contributed by atoms with Crippen molar-refractivity contribution in [3.8, 4) is 0 Å². The highest BCUT2D eigenvalue weighted by Crippen LogP contribution is 2.13. The van der Waals surface area contributed by atoms with Crippen LogP contribution in [0.3, 0.4) is 0 Å². The number of halogens is 1. The van der Waals surface area contributed by atoms with Gasteiger partial charge in [-0.1, -0.05) is 22.6 Å². The van der Waals surface area contributed by atoms with Crippen molar-refractivity contribution in [2.75, 3.05) is 13.2 Å². The molecule has 3 heteroatoms. The molecule has 1 heterocycles. The molecule has 0 aromatic carbocycles. The van der Waals surface area contributed by atoms with E-state index in [0.717, 1.165) is 13.2 Å². The Bertz CT molecular complexity index is 81.1. The molecule has 2 nitrogen and oxygen atoms in total. The van der Waals surface area contributed by atoms with Crippen LogP contribution < -0.4 is 0 Å². The molecule has 0 N–H and O–H groups in total. The van der Waals surface area contributed by atoms with Gasteiger partial charge in [0.25, 0.3) is 0 Å². The van der Waals surface area contributed by atoms with E-state index >= 15 is 0 Å². The second-order valence-corrected chi connectivity index (χ2v) is 4.06. The van der Waals surface area contributed by atoms with Gasteiger partial charge in [0.05, 0.1) is 10.7 Å². The second-order valence-electron chi connectivity index (χ2n) is 2.26. The first-order valence-electron chi connectivity index (χ1n) is 3.34. The molecule has 1 aliphatic rings. The van der Waals surface area contributed by atoms with E-state index in [9.17, 15) is 0 Å². The predicted molar refractivity (Wildman–Crippen MR) is 45.4 cm³/mol. The lowest BCUT2D eigenvalue weighted by Gasteiger charge is -2.27. The number of alkyl halides is 1. The molecular formula is C6H12INO. The molecule has 0 radical (unpaired) electrons. The molecule has 1 rings (SSSR count). The quantitative estimate of drug-likeness (QED) is 0.394. The van der Waals surface area contributed by atoms with E-state index in [2.05, 4.69) is 29.5 Å². The molecule has 0 spiro atoms. The number of hydroxylamine groups is 2. The molecule has 1 saturated heterocycles. The second kappa shape index (κ2) is 3.73. The molecule has 0 aromatic rings. The molecule has 0 saturated carbocycles. The number of hydrogen-bond donors (Lipinski definition) is 0. The Hall–Kier alpha value is 0.650. The van der Waals surface area contributed by atoms with Crippen molar-refractivity contribution in [3.63, 3.8) is 0 Å². The standard InChI is InChI=1S/C6H12INO/c1-6(7)8-4-2-3-5-9-8/h6H,2-5H2,1H3/t6-/m1/s1. The third-order valence-corrected chi connectivity index (χ3v) is 2.05. The number of nitrogens with zero attached hydrogens (tertiary/aromatic N) is 1. The largest absolute Gasteiger partial charge is 0.298 e. The normalized spacial score (nSPS) is 26.0. The fourth-order valence-electron chi connectivity index (χ4n) is 0.897. The minimum absolute atomic E-state index is 0.517. The lowest BCUT2D eigenvalue weighted by atomic mass is 10.3. The predicted octanol–water partition coefficient (Wildman–Crippen LogP) is 1.79. The first-order chi connectivity index (χ1) is 4.30. The van der Waals surface area contributed by atoms with Gasteiger partial charge in [0.1, 0.15) is 0 Å². The summed E-state index contributed by atoms with van der Waals surface area (Å²) < 4.78 is 0.517. The lowest BCUT2D eigenvalue weighted by molar-refractivity contribution is -0.181. The Kier molecular flexibility index (Phi) is 3.21. The molecule has 0 amide bonds. The molecule has 0 aromatic heterocycles. The summed E-state index contributed by atoms with van der Waals surface area (Å²) in [5.41, 5.74) is 0. The van der Waals surface area contributed by atoms with E-state index < -0.39 is 0 Å². The maximum absolute atomic E-state index is 5.37. The molecule has 54 valence electrons. The van der Waals surface area contributed by atoms with Gasteiger partial charge in [-0.05, 0) is 19.8 Å². The highest BCUT2D eigenvalue weighted by Gasteiger charge is 2.13. The van der Waals surface area contributed by atoms with Gasteiger partial charge in [-0.3, -0.25) is 4.84 Å². The van der Waals surface area contributed by atoms with Crippen LogP contribution in [-0.2, 0) is 4.84 Å². The Morgan fingerprint density at radius 3 is 2.67 bits per heavy atom. The zero-order valence-corrected chi connectivity index (χ0v) is 7.80. The van der Waals surface area contributed by atoms with Crippen LogP contribution in [0, 0.1) is 0 Å². The molecule has 1 atom stereocenters. The van der Waals surface area contributed by atoms with Gasteiger partial charge < -0.3 is 0 Å². The van der Waals surface area contributed by atoms with E-state index in [4.69, 9.17) is 4.84 Å². The van der Waals surface area contributed by atoms with E-state index in [1.54, 1.807) is 0 Å². The molecule has 1 fully saturated rings. The van der Waals surface area contributed by atoms with Gasteiger partial charge in [0.15, 0.2) is 0 Å². The van der Waals surface area contributed by atoms with E-state index in [0.29, 0.717) is 4.05 Å². The average molecular weight is 241 g/mol. The fraction of sp³-hybridized carbons (Fsp3) is 1.00. The maximum Gasteiger partial charge on any atom is 0.0838 e. The van der Waals surface area contributed by atoms with Gasteiger partial charge >= 0.3 is 0 Å². The molecule has 9 heavy (non-hydrogen) atoms. The molecule has 0 unspecified atom stereocenters.